The van der Waals surface area contributed by atoms with E-state index in [1.54, 1.807) is 13.8 Å². The number of carbonyl (C=O) groups is 11. The van der Waals surface area contributed by atoms with Gasteiger partial charge in [-0.05, 0) is 55.2 Å². The number of nitrogens with one attached hydrogen (secondary N) is 8. The third kappa shape index (κ3) is 24.0. The molecule has 20 N–H and O–H groups in total. The number of phenols is 1. The molecule has 28 nitrogen and oxygen atoms in total. The molecule has 8 atom stereocenters. The number of phenolic OH excluding ortho intramolecular Hbond substituents is 1. The minimum absolute atomic E-state index is 0.0126. The third-order valence-electron chi connectivity index (χ3n) is 10.3. The van der Waals surface area contributed by atoms with Crippen LogP contribution in [-0.2, 0) is 59.2 Å². The highest BCUT2D eigenvalue weighted by Gasteiger charge is 2.34. The predicted molar refractivity (Wildman–Crippen MR) is 260 cm³/mol. The van der Waals surface area contributed by atoms with E-state index in [2.05, 4.69) is 60.2 Å². The number of thiol groups is 1. The van der Waals surface area contributed by atoms with Gasteiger partial charge in [0, 0.05) is 25.1 Å². The van der Waals surface area contributed by atoms with E-state index in [0.717, 1.165) is 0 Å². The zero-order valence-electron chi connectivity index (χ0n) is 40.3. The van der Waals surface area contributed by atoms with Crippen molar-refractivity contribution < 1.29 is 73.2 Å². The number of hydrogen-bond donors (Lipinski definition) is 17. The lowest BCUT2D eigenvalue weighted by atomic mass is 10.0. The number of nitrogens with two attached hydrogens (primary N) is 4. The first-order valence-corrected chi connectivity index (χ1v) is 23.2. The summed E-state index contributed by atoms with van der Waals surface area (Å²) in [4.78, 5) is 146. The average molecular weight is 1040 g/mol. The van der Waals surface area contributed by atoms with Crippen LogP contribution < -0.4 is 65.5 Å². The van der Waals surface area contributed by atoms with Crippen LogP contribution in [-0.4, -0.2) is 165 Å². The Hall–Kier alpha value is -7.27. The summed E-state index contributed by atoms with van der Waals surface area (Å²) in [6.45, 7) is 4.87. The predicted octanol–water partition coefficient (Wildman–Crippen LogP) is -5.73. The highest BCUT2D eigenvalue weighted by atomic mass is 32.1. The van der Waals surface area contributed by atoms with Crippen LogP contribution in [0.25, 0.3) is 0 Å². The van der Waals surface area contributed by atoms with Crippen LogP contribution >= 0.6 is 12.6 Å². The van der Waals surface area contributed by atoms with Crippen molar-refractivity contribution in [3.63, 3.8) is 0 Å². The number of guanidine groups is 1. The lowest BCUT2D eigenvalue weighted by molar-refractivity contribution is -0.143. The maximum atomic E-state index is 13.8. The first-order chi connectivity index (χ1) is 33.7. The van der Waals surface area contributed by atoms with Gasteiger partial charge >= 0.3 is 11.9 Å². The van der Waals surface area contributed by atoms with Crippen LogP contribution in [0.3, 0.4) is 0 Å². The number of rotatable bonds is 33. The number of carbonyl (C=O) groups excluding carboxylic acids is 9. The summed E-state index contributed by atoms with van der Waals surface area (Å²) >= 11 is 4.11. The van der Waals surface area contributed by atoms with Crippen molar-refractivity contribution in [1.82, 2.24) is 42.5 Å². The number of aromatic hydroxyl groups is 1. The standard InChI is InChI=1S/C43H69N13O15S/c1-20(2)14-29(42(70)71)54-38(66)26(11-12-33(61)62)50-37(65)25(6-5-13-48-43(46)47)51-41(69)34(21(3)4)56-32(60)17-49-36(64)28(16-31(45)59)53-40(68)30(19-72)55-39(67)27(52-35(63)24(44)18-57)15-22-7-9-23(58)10-8-22/h7-10,20-21,24-30,34,57-58,72H,5-6,11-19,44H2,1-4H3,(H2,45,59)(H,49,64)(H,50,65)(H,51,69)(H,52,63)(H,53,68)(H,54,66)(H,55,67)(H,56,60)(H,61,62)(H,70,71)(H4,46,47,48)/t24-,25-,26-,27-,28-,29-,30-,34-/m0/s1. The highest BCUT2D eigenvalue weighted by Crippen LogP contribution is 2.13. The van der Waals surface area contributed by atoms with Gasteiger partial charge in [-0.2, -0.15) is 12.6 Å². The number of aliphatic imine (C=N–C) groups is 1. The van der Waals surface area contributed by atoms with Gasteiger partial charge in [0.25, 0.3) is 0 Å². The molecule has 1 aromatic carbocycles. The number of nitrogens with zero attached hydrogens (tertiary/aromatic N) is 1. The maximum absolute atomic E-state index is 13.8. The van der Waals surface area contributed by atoms with Gasteiger partial charge in [0.1, 0.15) is 54.1 Å². The molecule has 0 heterocycles. The third-order valence-corrected chi connectivity index (χ3v) is 10.6. The van der Waals surface area contributed by atoms with E-state index in [1.807, 2.05) is 0 Å². The first-order valence-electron chi connectivity index (χ1n) is 22.6. The second-order valence-electron chi connectivity index (χ2n) is 17.2. The van der Waals surface area contributed by atoms with Crippen LogP contribution in [0.5, 0.6) is 5.75 Å². The summed E-state index contributed by atoms with van der Waals surface area (Å²) in [5, 5.41) is 56.8. The molecule has 0 spiro atoms. The van der Waals surface area contributed by atoms with Crippen molar-refractivity contribution in [2.45, 2.75) is 121 Å². The Kier molecular flexibility index (Phi) is 27.8. The molecule has 29 heteroatoms. The van der Waals surface area contributed by atoms with Crippen molar-refractivity contribution >= 4 is 83.7 Å². The molecule has 1 rings (SSSR count). The van der Waals surface area contributed by atoms with E-state index in [4.69, 9.17) is 22.9 Å². The number of aliphatic hydroxyl groups excluding tert-OH is 1. The second-order valence-corrected chi connectivity index (χ2v) is 17.6. The second kappa shape index (κ2) is 31.9. The molecule has 72 heavy (non-hydrogen) atoms. The van der Waals surface area contributed by atoms with Gasteiger partial charge in [0.2, 0.25) is 53.2 Å². The average Bonchev–Trinajstić information content (AvgIpc) is 3.29. The molecule has 0 bridgehead atoms. The fourth-order valence-electron chi connectivity index (χ4n) is 6.45. The number of primary amides is 1. The van der Waals surface area contributed by atoms with Crippen LogP contribution in [0.2, 0.25) is 0 Å². The lowest BCUT2D eigenvalue weighted by Crippen LogP contribution is -2.60. The van der Waals surface area contributed by atoms with Crippen molar-refractivity contribution in [1.29, 1.82) is 0 Å². The largest absolute Gasteiger partial charge is 0.508 e. The number of carboxylic acids is 2. The maximum Gasteiger partial charge on any atom is 0.326 e. The van der Waals surface area contributed by atoms with Crippen LogP contribution in [0, 0.1) is 11.8 Å². The van der Waals surface area contributed by atoms with Gasteiger partial charge in [0.05, 0.1) is 19.6 Å². The first kappa shape index (κ1) is 62.7. The van der Waals surface area contributed by atoms with Crippen molar-refractivity contribution in [2.24, 2.45) is 39.8 Å². The smallest absolute Gasteiger partial charge is 0.326 e. The van der Waals surface area contributed by atoms with Crippen LogP contribution in [0.1, 0.15) is 71.8 Å². The molecule has 1 aromatic rings. The molecule has 0 saturated carbocycles. The Balaban J connectivity index is 3.24. The summed E-state index contributed by atoms with van der Waals surface area (Å²) < 4.78 is 0. The number of benzene rings is 1. The number of aliphatic carboxylic acids is 2. The lowest BCUT2D eigenvalue weighted by Gasteiger charge is -2.27. The van der Waals surface area contributed by atoms with E-state index in [0.29, 0.717) is 5.56 Å². The minimum Gasteiger partial charge on any atom is -0.508 e. The van der Waals surface area contributed by atoms with Crippen molar-refractivity contribution in [3.8, 4) is 5.75 Å². The highest BCUT2D eigenvalue weighted by molar-refractivity contribution is 7.80. The number of carboxylic acid groups (broad SMARTS) is 2. The molecule has 0 aliphatic heterocycles. The Labute approximate surface area is 420 Å². The molecule has 0 fully saturated rings. The number of amides is 9. The van der Waals surface area contributed by atoms with Gasteiger partial charge in [-0.15, -0.1) is 0 Å². The summed E-state index contributed by atoms with van der Waals surface area (Å²) in [6.07, 6.45) is -2.12. The van der Waals surface area contributed by atoms with Crippen molar-refractivity contribution in [3.05, 3.63) is 29.8 Å². The Bertz CT molecular complexity index is 2090. The summed E-state index contributed by atoms with van der Waals surface area (Å²) in [7, 11) is 0. The van der Waals surface area contributed by atoms with Gasteiger partial charge in [-0.1, -0.05) is 39.8 Å². The van der Waals surface area contributed by atoms with Crippen LogP contribution in [0.4, 0.5) is 0 Å². The minimum atomic E-state index is -1.73. The topological polar surface area (TPSA) is 481 Å². The zero-order valence-corrected chi connectivity index (χ0v) is 41.2. The number of hydrogen-bond acceptors (Lipinski definition) is 16. The Morgan fingerprint density at radius 2 is 1.17 bits per heavy atom. The monoisotopic (exact) mass is 1040 g/mol. The molecule has 0 radical (unpaired) electrons. The van der Waals surface area contributed by atoms with E-state index >= 15 is 0 Å². The van der Waals surface area contributed by atoms with Gasteiger partial charge in [-0.25, -0.2) is 4.79 Å². The van der Waals surface area contributed by atoms with Gasteiger partial charge in [-0.3, -0.25) is 52.9 Å². The van der Waals surface area contributed by atoms with Gasteiger partial charge < -0.3 is 85.9 Å². The van der Waals surface area contributed by atoms with E-state index in [9.17, 15) is 73.2 Å². The Morgan fingerprint density at radius 1 is 0.653 bits per heavy atom. The zero-order chi connectivity index (χ0) is 54.8. The van der Waals surface area contributed by atoms with Crippen molar-refractivity contribution in [2.75, 3.05) is 25.4 Å². The van der Waals surface area contributed by atoms with E-state index < -0.39 is 152 Å². The SMILES string of the molecule is CC(C)C[C@H](NC(=O)[C@H](CCC(=O)O)NC(=O)[C@H](CCCN=C(N)N)NC(=O)[C@@H](NC(=O)CNC(=O)[C@H](CC(N)=O)NC(=O)[C@H](CS)NC(=O)[C@H](Cc1ccc(O)cc1)NC(=O)[C@@H](N)CO)C(C)C)C(=O)O. The Morgan fingerprint density at radius 3 is 1.68 bits per heavy atom. The quantitative estimate of drug-likeness (QED) is 0.0135. The molecule has 402 valence electrons. The fraction of sp³-hybridized carbons (Fsp3) is 0.581. The molecule has 0 aromatic heterocycles. The summed E-state index contributed by atoms with van der Waals surface area (Å²) in [5.41, 5.74) is 22.2. The van der Waals surface area contributed by atoms with Crippen LogP contribution in [0.15, 0.2) is 29.3 Å². The molecule has 0 saturated heterocycles. The van der Waals surface area contributed by atoms with E-state index in [1.165, 1.54) is 38.1 Å². The molecule has 0 unspecified atom stereocenters. The summed E-state index contributed by atoms with van der Waals surface area (Å²) in [5.74, 6) is -13.2. The van der Waals surface area contributed by atoms with E-state index in [-0.39, 0.29) is 55.6 Å². The molecule has 9 amide bonds. The number of aliphatic hydroxyl groups is 1. The normalized spacial score (nSPS) is 14.3. The van der Waals surface area contributed by atoms with Gasteiger partial charge in [0.15, 0.2) is 5.96 Å². The molecule has 0 aliphatic carbocycles. The molecular weight excluding hydrogens is 971 g/mol. The molecular formula is C43H69N13O15S. The summed E-state index contributed by atoms with van der Waals surface area (Å²) in [6, 6.07) is -6.25. The fourth-order valence-corrected chi connectivity index (χ4v) is 6.70. The molecule has 0 aliphatic rings.